The van der Waals surface area contributed by atoms with Gasteiger partial charge in [0.25, 0.3) is 0 Å². The van der Waals surface area contributed by atoms with E-state index < -0.39 is 0 Å². The van der Waals surface area contributed by atoms with Gasteiger partial charge in [0, 0.05) is 25.7 Å². The van der Waals surface area contributed by atoms with Crippen molar-refractivity contribution >= 4 is 23.0 Å². The summed E-state index contributed by atoms with van der Waals surface area (Å²) in [5.74, 6) is 0. The third-order valence-corrected chi connectivity index (χ3v) is 4.63. The first kappa shape index (κ1) is 13.6. The minimum atomic E-state index is -0.370. The minimum Gasteiger partial charge on any atom is -0.363 e. The van der Waals surface area contributed by atoms with Gasteiger partial charge in [-0.3, -0.25) is 15.0 Å². The lowest BCUT2D eigenvalue weighted by atomic mass is 9.99. The first-order valence-electron chi connectivity index (χ1n) is 7.08. The van der Waals surface area contributed by atoms with Gasteiger partial charge in [-0.15, -0.1) is 0 Å². The van der Waals surface area contributed by atoms with Gasteiger partial charge in [-0.25, -0.2) is 0 Å². The Bertz CT molecular complexity index is 523. The summed E-state index contributed by atoms with van der Waals surface area (Å²) in [6, 6.07) is 5.71. The molecule has 20 heavy (non-hydrogen) atoms. The molecule has 1 aromatic carbocycles. The van der Waals surface area contributed by atoms with Crippen molar-refractivity contribution in [1.82, 2.24) is 4.90 Å². The summed E-state index contributed by atoms with van der Waals surface area (Å²) in [7, 11) is 0. The van der Waals surface area contributed by atoms with E-state index in [0.717, 1.165) is 26.2 Å². The number of nitro benzene ring substituents is 1. The SMILES string of the molecule is O=[N+]([O-])c1c(Cl)cccc1N1CCN2CCCCC2C1. The molecule has 0 amide bonds. The second kappa shape index (κ2) is 5.58. The van der Waals surface area contributed by atoms with Crippen LogP contribution in [0.4, 0.5) is 11.4 Å². The summed E-state index contributed by atoms with van der Waals surface area (Å²) in [6.45, 7) is 3.84. The largest absolute Gasteiger partial charge is 0.363 e. The molecule has 0 spiro atoms. The van der Waals surface area contributed by atoms with Crippen LogP contribution < -0.4 is 4.90 Å². The molecule has 2 aliphatic heterocycles. The molecule has 2 aliphatic rings. The maximum absolute atomic E-state index is 11.3. The van der Waals surface area contributed by atoms with Crippen LogP contribution in [-0.4, -0.2) is 42.0 Å². The molecule has 5 nitrogen and oxygen atoms in total. The van der Waals surface area contributed by atoms with Crippen LogP contribution in [0, 0.1) is 10.1 Å². The molecular formula is C14H18ClN3O2. The second-order valence-electron chi connectivity index (χ2n) is 5.50. The van der Waals surface area contributed by atoms with E-state index in [-0.39, 0.29) is 15.6 Å². The Morgan fingerprint density at radius 2 is 2.10 bits per heavy atom. The zero-order chi connectivity index (χ0) is 14.1. The zero-order valence-electron chi connectivity index (χ0n) is 11.3. The quantitative estimate of drug-likeness (QED) is 0.622. The van der Waals surface area contributed by atoms with E-state index >= 15 is 0 Å². The minimum absolute atomic E-state index is 0.0402. The van der Waals surface area contributed by atoms with E-state index in [4.69, 9.17) is 11.6 Å². The summed E-state index contributed by atoms with van der Waals surface area (Å²) in [6.07, 6.45) is 3.71. The van der Waals surface area contributed by atoms with Crippen molar-refractivity contribution in [3.8, 4) is 0 Å². The molecule has 1 unspecified atom stereocenters. The summed E-state index contributed by atoms with van der Waals surface area (Å²) in [5, 5.41) is 11.5. The van der Waals surface area contributed by atoms with Gasteiger partial charge < -0.3 is 4.90 Å². The summed E-state index contributed by atoms with van der Waals surface area (Å²) >= 11 is 6.00. The summed E-state index contributed by atoms with van der Waals surface area (Å²) in [5.41, 5.74) is 0.700. The number of nitrogens with zero attached hydrogens (tertiary/aromatic N) is 3. The van der Waals surface area contributed by atoms with Crippen molar-refractivity contribution in [3.63, 3.8) is 0 Å². The van der Waals surface area contributed by atoms with Crippen LogP contribution in [0.25, 0.3) is 0 Å². The van der Waals surface area contributed by atoms with Gasteiger partial charge in [0.15, 0.2) is 0 Å². The van der Waals surface area contributed by atoms with E-state index in [2.05, 4.69) is 9.80 Å². The van der Waals surface area contributed by atoms with E-state index in [1.54, 1.807) is 12.1 Å². The molecule has 2 heterocycles. The molecule has 2 fully saturated rings. The molecule has 0 radical (unpaired) electrons. The molecule has 6 heteroatoms. The van der Waals surface area contributed by atoms with Gasteiger partial charge in [-0.2, -0.15) is 0 Å². The van der Waals surface area contributed by atoms with Crippen molar-refractivity contribution in [1.29, 1.82) is 0 Å². The third-order valence-electron chi connectivity index (χ3n) is 4.33. The topological polar surface area (TPSA) is 49.6 Å². The van der Waals surface area contributed by atoms with Crippen LogP contribution >= 0.6 is 11.6 Å². The summed E-state index contributed by atoms with van der Waals surface area (Å²) in [4.78, 5) is 15.5. The highest BCUT2D eigenvalue weighted by molar-refractivity contribution is 6.33. The van der Waals surface area contributed by atoms with E-state index in [9.17, 15) is 10.1 Å². The Morgan fingerprint density at radius 1 is 1.25 bits per heavy atom. The standard InChI is InChI=1S/C14H18ClN3O2/c15-12-5-3-6-13(14(12)18(19)20)17-9-8-16-7-2-1-4-11(16)10-17/h3,5-6,11H,1-2,4,7-10H2. The Labute approximate surface area is 123 Å². The van der Waals surface area contributed by atoms with Crippen molar-refractivity contribution in [2.75, 3.05) is 31.1 Å². The van der Waals surface area contributed by atoms with Gasteiger partial charge in [0.05, 0.1) is 4.92 Å². The number of benzene rings is 1. The van der Waals surface area contributed by atoms with Crippen LogP contribution in [0.1, 0.15) is 19.3 Å². The Balaban J connectivity index is 1.86. The van der Waals surface area contributed by atoms with Crippen LogP contribution in [0.3, 0.4) is 0 Å². The number of piperidine rings is 1. The van der Waals surface area contributed by atoms with Crippen LogP contribution in [0.2, 0.25) is 5.02 Å². The molecule has 0 aliphatic carbocycles. The van der Waals surface area contributed by atoms with E-state index in [0.29, 0.717) is 11.7 Å². The summed E-state index contributed by atoms with van der Waals surface area (Å²) < 4.78 is 0. The molecule has 1 aromatic rings. The first-order valence-corrected chi connectivity index (χ1v) is 7.46. The number of nitro groups is 1. The number of para-hydroxylation sites is 1. The molecule has 0 saturated carbocycles. The highest BCUT2D eigenvalue weighted by Crippen LogP contribution is 2.36. The zero-order valence-corrected chi connectivity index (χ0v) is 12.1. The second-order valence-corrected chi connectivity index (χ2v) is 5.90. The highest BCUT2D eigenvalue weighted by atomic mass is 35.5. The molecule has 0 aromatic heterocycles. The number of fused-ring (bicyclic) bond motifs is 1. The average Bonchev–Trinajstić information content (AvgIpc) is 2.46. The number of halogens is 1. The molecule has 0 N–H and O–H groups in total. The molecule has 3 rings (SSSR count). The number of hydrogen-bond acceptors (Lipinski definition) is 4. The van der Waals surface area contributed by atoms with Crippen molar-refractivity contribution in [3.05, 3.63) is 33.3 Å². The Kier molecular flexibility index (Phi) is 3.81. The Morgan fingerprint density at radius 3 is 2.90 bits per heavy atom. The average molecular weight is 296 g/mol. The van der Waals surface area contributed by atoms with Gasteiger partial charge in [0.2, 0.25) is 0 Å². The van der Waals surface area contributed by atoms with Gasteiger partial charge in [-0.1, -0.05) is 24.1 Å². The smallest absolute Gasteiger partial charge is 0.310 e. The van der Waals surface area contributed by atoms with Gasteiger partial charge in [0.1, 0.15) is 10.7 Å². The number of anilines is 1. The van der Waals surface area contributed by atoms with Crippen molar-refractivity contribution < 1.29 is 4.92 Å². The normalized spacial score (nSPS) is 23.4. The third kappa shape index (κ3) is 2.47. The van der Waals surface area contributed by atoms with Crippen molar-refractivity contribution in [2.24, 2.45) is 0 Å². The lowest BCUT2D eigenvalue weighted by Crippen LogP contribution is -2.55. The maximum atomic E-state index is 11.3. The predicted octanol–water partition coefficient (Wildman–Crippen LogP) is 2.92. The molecular weight excluding hydrogens is 278 g/mol. The highest BCUT2D eigenvalue weighted by Gasteiger charge is 2.32. The van der Waals surface area contributed by atoms with Crippen molar-refractivity contribution in [2.45, 2.75) is 25.3 Å². The molecule has 2 saturated heterocycles. The molecule has 108 valence electrons. The maximum Gasteiger partial charge on any atom is 0.310 e. The lowest BCUT2D eigenvalue weighted by molar-refractivity contribution is -0.384. The molecule has 1 atom stereocenters. The van der Waals surface area contributed by atoms with Gasteiger partial charge in [-0.05, 0) is 31.5 Å². The van der Waals surface area contributed by atoms with Crippen LogP contribution in [0.15, 0.2) is 18.2 Å². The number of rotatable bonds is 2. The van der Waals surface area contributed by atoms with Gasteiger partial charge >= 0.3 is 5.69 Å². The molecule has 0 bridgehead atoms. The van der Waals surface area contributed by atoms with E-state index in [1.165, 1.54) is 19.3 Å². The predicted molar refractivity (Wildman–Crippen MR) is 79.5 cm³/mol. The fourth-order valence-electron chi connectivity index (χ4n) is 3.31. The Hall–Kier alpha value is -1.33. The number of piperazine rings is 1. The number of hydrogen-bond donors (Lipinski definition) is 0. The van der Waals surface area contributed by atoms with Crippen LogP contribution in [-0.2, 0) is 0 Å². The lowest BCUT2D eigenvalue weighted by Gasteiger charge is -2.44. The first-order chi connectivity index (χ1) is 9.66. The van der Waals surface area contributed by atoms with Crippen LogP contribution in [0.5, 0.6) is 0 Å². The fraction of sp³-hybridized carbons (Fsp3) is 0.571. The fourth-order valence-corrected chi connectivity index (χ4v) is 3.55. The monoisotopic (exact) mass is 295 g/mol. The van der Waals surface area contributed by atoms with E-state index in [1.807, 2.05) is 6.07 Å².